The first-order chi connectivity index (χ1) is 10.1. The molecule has 0 saturated carbocycles. The van der Waals surface area contributed by atoms with Crippen LogP contribution in [-0.4, -0.2) is 57.3 Å². The number of benzene rings is 1. The minimum Gasteiger partial charge on any atom is -0.388 e. The van der Waals surface area contributed by atoms with E-state index in [1.54, 1.807) is 0 Å². The molecule has 0 radical (unpaired) electrons. The lowest BCUT2D eigenvalue weighted by atomic mass is 10.0. The van der Waals surface area contributed by atoms with Gasteiger partial charge in [-0.05, 0) is 18.1 Å². The Morgan fingerprint density at radius 2 is 2.00 bits per heavy atom. The Hall–Kier alpha value is -1.89. The number of hydrogen-bond acceptors (Lipinski definition) is 4. The number of nitrogens with one attached hydrogen (secondary N) is 1. The molecule has 0 aliphatic carbocycles. The van der Waals surface area contributed by atoms with E-state index in [2.05, 4.69) is 4.98 Å². The lowest BCUT2D eigenvalue weighted by Gasteiger charge is -2.20. The molecular formula is C15H19N3O3. The maximum absolute atomic E-state index is 12.3. The number of carbonyl (C=O) groups is 1. The number of H-pyrrole nitrogens is 1. The van der Waals surface area contributed by atoms with Crippen molar-refractivity contribution in [1.82, 2.24) is 9.88 Å². The summed E-state index contributed by atoms with van der Waals surface area (Å²) in [6.45, 7) is 0.281. The van der Waals surface area contributed by atoms with E-state index in [-0.39, 0.29) is 19.0 Å². The minimum absolute atomic E-state index is 0.140. The number of aliphatic hydroxyl groups excluding tert-OH is 2. The molecule has 1 aliphatic rings. The first-order valence-electron chi connectivity index (χ1n) is 7.01. The number of aromatic nitrogens is 1. The molecule has 1 aromatic heterocycles. The number of likely N-dealkylation sites (tertiary alicyclic amines) is 1. The number of para-hydroxylation sites is 1. The highest BCUT2D eigenvalue weighted by Crippen LogP contribution is 2.20. The van der Waals surface area contributed by atoms with E-state index >= 15 is 0 Å². The van der Waals surface area contributed by atoms with Crippen LogP contribution in [0.2, 0.25) is 0 Å². The van der Waals surface area contributed by atoms with Gasteiger partial charge < -0.3 is 25.8 Å². The SMILES string of the molecule is N[C@@H](Cc1c[nH]c2ccccc12)C(=O)N1CC(O)C(O)C1. The summed E-state index contributed by atoms with van der Waals surface area (Å²) in [7, 11) is 0. The van der Waals surface area contributed by atoms with Crippen molar-refractivity contribution in [2.75, 3.05) is 13.1 Å². The van der Waals surface area contributed by atoms with Crippen molar-refractivity contribution >= 4 is 16.8 Å². The van der Waals surface area contributed by atoms with Gasteiger partial charge in [0.2, 0.25) is 5.91 Å². The lowest BCUT2D eigenvalue weighted by molar-refractivity contribution is -0.132. The topological polar surface area (TPSA) is 103 Å². The summed E-state index contributed by atoms with van der Waals surface area (Å²) in [5.74, 6) is -0.240. The van der Waals surface area contributed by atoms with Crippen molar-refractivity contribution < 1.29 is 15.0 Å². The number of hydrogen-bond donors (Lipinski definition) is 4. The molecule has 6 nitrogen and oxygen atoms in total. The molecule has 6 heteroatoms. The van der Waals surface area contributed by atoms with E-state index in [1.165, 1.54) is 4.90 Å². The Kier molecular flexibility index (Phi) is 3.67. The van der Waals surface area contributed by atoms with Crippen molar-refractivity contribution in [1.29, 1.82) is 0 Å². The largest absolute Gasteiger partial charge is 0.388 e. The van der Waals surface area contributed by atoms with Gasteiger partial charge in [0.25, 0.3) is 0 Å². The van der Waals surface area contributed by atoms with Crippen molar-refractivity contribution in [3.05, 3.63) is 36.0 Å². The molecular weight excluding hydrogens is 270 g/mol. The third-order valence-corrected chi connectivity index (χ3v) is 4.00. The predicted octanol–water partition coefficient (Wildman–Crippen LogP) is -0.398. The summed E-state index contributed by atoms with van der Waals surface area (Å²) in [6, 6.07) is 7.17. The highest BCUT2D eigenvalue weighted by Gasteiger charge is 2.34. The van der Waals surface area contributed by atoms with Gasteiger partial charge in [0.05, 0.1) is 18.2 Å². The third kappa shape index (κ3) is 2.65. The van der Waals surface area contributed by atoms with Gasteiger partial charge in [0.15, 0.2) is 0 Å². The molecule has 1 saturated heterocycles. The Bertz CT molecular complexity index is 644. The second-order valence-electron chi connectivity index (χ2n) is 5.55. The zero-order valence-corrected chi connectivity index (χ0v) is 11.6. The number of aliphatic hydroxyl groups is 2. The van der Waals surface area contributed by atoms with Crippen LogP contribution in [0.4, 0.5) is 0 Å². The number of nitrogens with zero attached hydrogens (tertiary/aromatic N) is 1. The van der Waals surface area contributed by atoms with Gasteiger partial charge in [-0.15, -0.1) is 0 Å². The van der Waals surface area contributed by atoms with Crippen LogP contribution in [0.15, 0.2) is 30.5 Å². The second kappa shape index (κ2) is 5.48. The molecule has 2 aromatic rings. The molecule has 5 N–H and O–H groups in total. The van der Waals surface area contributed by atoms with Crippen LogP contribution >= 0.6 is 0 Å². The fourth-order valence-electron chi connectivity index (χ4n) is 2.81. The molecule has 0 bridgehead atoms. The number of amides is 1. The van der Waals surface area contributed by atoms with Crippen molar-refractivity contribution in [2.45, 2.75) is 24.7 Å². The van der Waals surface area contributed by atoms with E-state index in [1.807, 2.05) is 30.5 Å². The van der Waals surface area contributed by atoms with Gasteiger partial charge >= 0.3 is 0 Å². The van der Waals surface area contributed by atoms with Gasteiger partial charge in [0.1, 0.15) is 0 Å². The smallest absolute Gasteiger partial charge is 0.240 e. The van der Waals surface area contributed by atoms with E-state index in [9.17, 15) is 15.0 Å². The predicted molar refractivity (Wildman–Crippen MR) is 78.6 cm³/mol. The number of nitrogens with two attached hydrogens (primary N) is 1. The Labute approximate surface area is 122 Å². The molecule has 0 spiro atoms. The van der Waals surface area contributed by atoms with E-state index in [4.69, 9.17) is 5.73 Å². The Balaban J connectivity index is 1.71. The quantitative estimate of drug-likeness (QED) is 0.617. The van der Waals surface area contributed by atoms with Gasteiger partial charge in [-0.1, -0.05) is 18.2 Å². The number of carbonyl (C=O) groups excluding carboxylic acids is 1. The Morgan fingerprint density at radius 3 is 2.71 bits per heavy atom. The van der Waals surface area contributed by atoms with Gasteiger partial charge in [-0.2, -0.15) is 0 Å². The van der Waals surface area contributed by atoms with Gasteiger partial charge in [-0.3, -0.25) is 4.79 Å². The molecule has 1 amide bonds. The minimum atomic E-state index is -0.880. The third-order valence-electron chi connectivity index (χ3n) is 4.00. The van der Waals surface area contributed by atoms with Crippen LogP contribution in [0.5, 0.6) is 0 Å². The highest BCUT2D eigenvalue weighted by molar-refractivity contribution is 5.86. The van der Waals surface area contributed by atoms with Crippen LogP contribution in [0.1, 0.15) is 5.56 Å². The molecule has 1 aromatic carbocycles. The van der Waals surface area contributed by atoms with E-state index < -0.39 is 18.2 Å². The Morgan fingerprint density at radius 1 is 1.33 bits per heavy atom. The number of aromatic amines is 1. The van der Waals surface area contributed by atoms with Crippen LogP contribution in [0.3, 0.4) is 0 Å². The summed E-state index contributed by atoms with van der Waals surface area (Å²) in [6.07, 6.45) is 0.528. The van der Waals surface area contributed by atoms with Crippen molar-refractivity contribution in [3.63, 3.8) is 0 Å². The van der Waals surface area contributed by atoms with E-state index in [0.717, 1.165) is 16.5 Å². The zero-order chi connectivity index (χ0) is 15.0. The molecule has 1 aliphatic heterocycles. The molecule has 2 unspecified atom stereocenters. The highest BCUT2D eigenvalue weighted by atomic mass is 16.3. The summed E-state index contributed by atoms with van der Waals surface area (Å²) < 4.78 is 0. The van der Waals surface area contributed by atoms with Crippen molar-refractivity contribution in [3.8, 4) is 0 Å². The zero-order valence-electron chi connectivity index (χ0n) is 11.6. The first kappa shape index (κ1) is 14.1. The van der Waals surface area contributed by atoms with Gasteiger partial charge in [-0.25, -0.2) is 0 Å². The van der Waals surface area contributed by atoms with Crippen LogP contribution < -0.4 is 5.73 Å². The number of fused-ring (bicyclic) bond motifs is 1. The monoisotopic (exact) mass is 289 g/mol. The summed E-state index contributed by atoms with van der Waals surface area (Å²) in [5, 5.41) is 20.1. The number of β-amino-alcohol motifs (C(OH)–C–C–N with tert-alkyl or cyclic N) is 2. The summed E-state index contributed by atoms with van der Waals surface area (Å²) >= 11 is 0. The molecule has 1 fully saturated rings. The standard InChI is InChI=1S/C15H19N3O3/c16-11(15(21)18-7-13(19)14(20)8-18)5-9-6-17-12-4-2-1-3-10(9)12/h1-4,6,11,13-14,17,19-20H,5,7-8,16H2/t11-,13?,14?/m0/s1. The summed E-state index contributed by atoms with van der Waals surface area (Å²) in [5.41, 5.74) is 8.01. The molecule has 2 heterocycles. The normalized spacial score (nSPS) is 23.7. The first-order valence-corrected chi connectivity index (χ1v) is 7.01. The number of rotatable bonds is 3. The van der Waals surface area contributed by atoms with E-state index in [0.29, 0.717) is 6.42 Å². The average molecular weight is 289 g/mol. The maximum atomic E-state index is 12.3. The molecule has 21 heavy (non-hydrogen) atoms. The average Bonchev–Trinajstić information content (AvgIpc) is 3.03. The van der Waals surface area contributed by atoms with Crippen molar-refractivity contribution in [2.24, 2.45) is 5.73 Å². The lowest BCUT2D eigenvalue weighted by Crippen LogP contribution is -2.44. The maximum Gasteiger partial charge on any atom is 0.240 e. The fourth-order valence-corrected chi connectivity index (χ4v) is 2.81. The fraction of sp³-hybridized carbons (Fsp3) is 0.400. The van der Waals surface area contributed by atoms with Crippen LogP contribution in [0, 0.1) is 0 Å². The second-order valence-corrected chi connectivity index (χ2v) is 5.55. The van der Waals surface area contributed by atoms with Gasteiger partial charge in [0, 0.05) is 30.2 Å². The molecule has 3 rings (SSSR count). The summed E-state index contributed by atoms with van der Waals surface area (Å²) in [4.78, 5) is 16.8. The van der Waals surface area contributed by atoms with Crippen LogP contribution in [-0.2, 0) is 11.2 Å². The molecule has 3 atom stereocenters. The molecule has 112 valence electrons. The van der Waals surface area contributed by atoms with Crippen LogP contribution in [0.25, 0.3) is 10.9 Å².